The molecule has 0 aromatic rings. The van der Waals surface area contributed by atoms with Crippen molar-refractivity contribution in [1.82, 2.24) is 5.32 Å². The van der Waals surface area contributed by atoms with Gasteiger partial charge < -0.3 is 9.84 Å². The van der Waals surface area contributed by atoms with Gasteiger partial charge in [0.25, 0.3) is 0 Å². The summed E-state index contributed by atoms with van der Waals surface area (Å²) in [6, 6.07) is -0.163. The van der Waals surface area contributed by atoms with Gasteiger partial charge in [-0.1, -0.05) is 0 Å². The molecule has 0 bridgehead atoms. The van der Waals surface area contributed by atoms with Crippen LogP contribution in [-0.2, 0) is 9.53 Å². The van der Waals surface area contributed by atoms with E-state index in [9.17, 15) is 4.79 Å². The van der Waals surface area contributed by atoms with E-state index in [1.807, 2.05) is 0 Å². The molecule has 2 unspecified atom stereocenters. The maximum Gasteiger partial charge on any atom is 0.322 e. The molecule has 1 rings (SSSR count). The summed E-state index contributed by atoms with van der Waals surface area (Å²) < 4.78 is 4.68. The van der Waals surface area contributed by atoms with Crippen molar-refractivity contribution in [3.05, 3.63) is 0 Å². The number of nitrogens with one attached hydrogen (secondary N) is 1. The first kappa shape index (κ1) is 11.5. The molecule has 2 N–H and O–H groups in total. The molecule has 0 spiro atoms. The molecule has 0 aliphatic carbocycles. The van der Waals surface area contributed by atoms with Crippen molar-refractivity contribution in [3.8, 4) is 0 Å². The number of carbonyl (C=O) groups excluding carboxylic acids is 1. The second-order valence-corrected chi connectivity index (χ2v) is 4.15. The molecule has 2 atom stereocenters. The Balaban J connectivity index is 2.42. The van der Waals surface area contributed by atoms with E-state index in [-0.39, 0.29) is 24.2 Å². The minimum atomic E-state index is -0.183. The summed E-state index contributed by atoms with van der Waals surface area (Å²) in [6.45, 7) is 2.30. The summed E-state index contributed by atoms with van der Waals surface area (Å²) in [7, 11) is 1.41. The van der Waals surface area contributed by atoms with Crippen LogP contribution in [-0.4, -0.2) is 36.4 Å². The lowest BCUT2D eigenvalue weighted by molar-refractivity contribution is -0.142. The number of carbonyl (C=O) groups is 1. The average Bonchev–Trinajstić information content (AvgIpc) is 2.57. The predicted octanol–water partition coefficient (Wildman–Crippen LogP) is 0.443. The summed E-state index contributed by atoms with van der Waals surface area (Å²) in [6.07, 6.45) is 3.47. The highest BCUT2D eigenvalue weighted by molar-refractivity contribution is 5.76. The number of hydrogen-bond acceptors (Lipinski definition) is 4. The van der Waals surface area contributed by atoms with Crippen LogP contribution in [0.1, 0.15) is 32.6 Å². The summed E-state index contributed by atoms with van der Waals surface area (Å²) >= 11 is 0. The monoisotopic (exact) mass is 201 g/mol. The van der Waals surface area contributed by atoms with Gasteiger partial charge in [0, 0.05) is 12.1 Å². The number of rotatable bonds is 4. The SMILES string of the molecule is COC(=O)C1CCC(C)(CCCO)N1. The maximum absolute atomic E-state index is 11.2. The Kier molecular flexibility index (Phi) is 3.89. The van der Waals surface area contributed by atoms with Crippen molar-refractivity contribution in [2.24, 2.45) is 0 Å². The number of aliphatic hydroxyl groups is 1. The lowest BCUT2D eigenvalue weighted by Gasteiger charge is -2.24. The number of esters is 1. The smallest absolute Gasteiger partial charge is 0.322 e. The molecule has 0 amide bonds. The largest absolute Gasteiger partial charge is 0.468 e. The Morgan fingerprint density at radius 2 is 2.43 bits per heavy atom. The summed E-state index contributed by atoms with van der Waals surface area (Å²) in [5, 5.41) is 12.0. The van der Waals surface area contributed by atoms with Gasteiger partial charge in [0.15, 0.2) is 0 Å². The maximum atomic E-state index is 11.2. The summed E-state index contributed by atoms with van der Waals surface area (Å²) in [4.78, 5) is 11.2. The van der Waals surface area contributed by atoms with E-state index < -0.39 is 0 Å². The molecule has 82 valence electrons. The molecule has 0 aromatic heterocycles. The first-order valence-electron chi connectivity index (χ1n) is 5.08. The molecular weight excluding hydrogens is 182 g/mol. The molecule has 0 saturated carbocycles. The van der Waals surface area contributed by atoms with Gasteiger partial charge in [0.1, 0.15) is 6.04 Å². The molecule has 0 aromatic carbocycles. The highest BCUT2D eigenvalue weighted by Crippen LogP contribution is 2.27. The van der Waals surface area contributed by atoms with Gasteiger partial charge >= 0.3 is 5.97 Å². The van der Waals surface area contributed by atoms with E-state index in [4.69, 9.17) is 5.11 Å². The van der Waals surface area contributed by atoms with Crippen LogP contribution in [0.25, 0.3) is 0 Å². The molecule has 1 aliphatic rings. The third kappa shape index (κ3) is 2.69. The zero-order chi connectivity index (χ0) is 10.6. The summed E-state index contributed by atoms with van der Waals surface area (Å²) in [5.41, 5.74) is -0.0123. The van der Waals surface area contributed by atoms with Gasteiger partial charge in [-0.05, 0) is 32.6 Å². The van der Waals surface area contributed by atoms with E-state index in [0.717, 1.165) is 25.7 Å². The van der Waals surface area contributed by atoms with Gasteiger partial charge in [-0.2, -0.15) is 0 Å². The minimum absolute atomic E-state index is 0.0123. The second-order valence-electron chi connectivity index (χ2n) is 4.15. The zero-order valence-electron chi connectivity index (χ0n) is 8.88. The van der Waals surface area contributed by atoms with Crippen LogP contribution in [0.15, 0.2) is 0 Å². The van der Waals surface area contributed by atoms with Crippen molar-refractivity contribution in [1.29, 1.82) is 0 Å². The topological polar surface area (TPSA) is 58.6 Å². The number of methoxy groups -OCH3 is 1. The number of aliphatic hydroxyl groups excluding tert-OH is 1. The van der Waals surface area contributed by atoms with E-state index in [2.05, 4.69) is 17.0 Å². The lowest BCUT2D eigenvalue weighted by atomic mass is 9.94. The van der Waals surface area contributed by atoms with Gasteiger partial charge in [-0.3, -0.25) is 10.1 Å². The fraction of sp³-hybridized carbons (Fsp3) is 0.900. The quantitative estimate of drug-likeness (QED) is 0.648. The van der Waals surface area contributed by atoms with E-state index >= 15 is 0 Å². The fourth-order valence-corrected chi connectivity index (χ4v) is 2.01. The first-order chi connectivity index (χ1) is 6.61. The molecule has 0 radical (unpaired) electrons. The van der Waals surface area contributed by atoms with E-state index in [1.54, 1.807) is 0 Å². The molecule has 1 heterocycles. The first-order valence-corrected chi connectivity index (χ1v) is 5.08. The van der Waals surface area contributed by atoms with E-state index in [0.29, 0.717) is 0 Å². The van der Waals surface area contributed by atoms with E-state index in [1.165, 1.54) is 7.11 Å². The second kappa shape index (κ2) is 4.75. The van der Waals surface area contributed by atoms with Gasteiger partial charge in [0.2, 0.25) is 0 Å². The Labute approximate surface area is 84.6 Å². The minimum Gasteiger partial charge on any atom is -0.468 e. The van der Waals surface area contributed by atoms with Crippen LogP contribution < -0.4 is 5.32 Å². The third-order valence-electron chi connectivity index (χ3n) is 2.88. The highest BCUT2D eigenvalue weighted by Gasteiger charge is 2.37. The normalized spacial score (nSPS) is 31.8. The predicted molar refractivity (Wildman–Crippen MR) is 52.9 cm³/mol. The number of hydrogen-bond donors (Lipinski definition) is 2. The Morgan fingerprint density at radius 1 is 1.71 bits per heavy atom. The van der Waals surface area contributed by atoms with Crippen LogP contribution in [0, 0.1) is 0 Å². The van der Waals surface area contributed by atoms with Gasteiger partial charge in [-0.15, -0.1) is 0 Å². The van der Waals surface area contributed by atoms with Crippen LogP contribution in [0.2, 0.25) is 0 Å². The van der Waals surface area contributed by atoms with Crippen LogP contribution >= 0.6 is 0 Å². The molecule has 1 aliphatic heterocycles. The van der Waals surface area contributed by atoms with Crippen molar-refractivity contribution >= 4 is 5.97 Å². The summed E-state index contributed by atoms with van der Waals surface area (Å²) in [5.74, 6) is -0.183. The fourth-order valence-electron chi connectivity index (χ4n) is 2.01. The standard InChI is InChI=1S/C10H19NO3/c1-10(5-3-7-12)6-4-8(11-10)9(13)14-2/h8,11-12H,3-7H2,1-2H3. The molecular formula is C10H19NO3. The van der Waals surface area contributed by atoms with Crippen LogP contribution in [0.4, 0.5) is 0 Å². The Morgan fingerprint density at radius 3 is 3.00 bits per heavy atom. The van der Waals surface area contributed by atoms with Crippen molar-refractivity contribution in [3.63, 3.8) is 0 Å². The zero-order valence-corrected chi connectivity index (χ0v) is 8.88. The lowest BCUT2D eigenvalue weighted by Crippen LogP contribution is -2.44. The Bertz CT molecular complexity index is 208. The number of ether oxygens (including phenoxy) is 1. The van der Waals surface area contributed by atoms with Crippen molar-refractivity contribution < 1.29 is 14.6 Å². The van der Waals surface area contributed by atoms with Crippen molar-refractivity contribution in [2.75, 3.05) is 13.7 Å². The molecule has 14 heavy (non-hydrogen) atoms. The molecule has 4 heteroatoms. The highest BCUT2D eigenvalue weighted by atomic mass is 16.5. The average molecular weight is 201 g/mol. The van der Waals surface area contributed by atoms with Crippen molar-refractivity contribution in [2.45, 2.75) is 44.2 Å². The van der Waals surface area contributed by atoms with Crippen LogP contribution in [0.5, 0.6) is 0 Å². The molecule has 1 saturated heterocycles. The third-order valence-corrected chi connectivity index (χ3v) is 2.88. The molecule has 4 nitrogen and oxygen atoms in total. The van der Waals surface area contributed by atoms with Gasteiger partial charge in [0.05, 0.1) is 7.11 Å². The Hall–Kier alpha value is -0.610. The molecule has 1 fully saturated rings. The van der Waals surface area contributed by atoms with Crippen LogP contribution in [0.3, 0.4) is 0 Å². The van der Waals surface area contributed by atoms with Gasteiger partial charge in [-0.25, -0.2) is 0 Å².